The molecule has 0 aliphatic carbocycles. The van der Waals surface area contributed by atoms with Crippen LogP contribution in [0.3, 0.4) is 0 Å². The number of hydrogen-bond donors (Lipinski definition) is 1. The molecule has 0 unspecified atom stereocenters. The Morgan fingerprint density at radius 1 is 1.50 bits per heavy atom. The van der Waals surface area contributed by atoms with Crippen molar-refractivity contribution in [1.82, 2.24) is 0 Å². The molecule has 0 saturated heterocycles. The van der Waals surface area contributed by atoms with E-state index in [1.807, 2.05) is 19.1 Å². The SMILES string of the molecule is C=C(C)c1ccccc1OC(=O)C=N. The van der Waals surface area contributed by atoms with Crippen molar-refractivity contribution < 1.29 is 9.53 Å². The first kappa shape index (κ1) is 10.2. The number of para-hydroxylation sites is 1. The fraction of sp³-hybridized carbons (Fsp3) is 0.0909. The van der Waals surface area contributed by atoms with E-state index in [1.165, 1.54) is 0 Å². The summed E-state index contributed by atoms with van der Waals surface area (Å²) in [5, 5.41) is 6.71. The summed E-state index contributed by atoms with van der Waals surface area (Å²) in [6.07, 6.45) is 0.634. The number of nitrogens with one attached hydrogen (secondary N) is 1. The predicted molar refractivity (Wildman–Crippen MR) is 55.6 cm³/mol. The van der Waals surface area contributed by atoms with Gasteiger partial charge in [0, 0.05) is 5.56 Å². The highest BCUT2D eigenvalue weighted by atomic mass is 16.5. The number of carbonyl (C=O) groups is 1. The van der Waals surface area contributed by atoms with Gasteiger partial charge in [-0.25, -0.2) is 4.79 Å². The lowest BCUT2D eigenvalue weighted by Gasteiger charge is -2.07. The van der Waals surface area contributed by atoms with Crippen LogP contribution in [-0.4, -0.2) is 12.2 Å². The van der Waals surface area contributed by atoms with Crippen LogP contribution in [0.15, 0.2) is 30.8 Å². The molecule has 0 aliphatic heterocycles. The lowest BCUT2D eigenvalue weighted by atomic mass is 10.1. The quantitative estimate of drug-likeness (QED) is 0.450. The second-order valence-corrected chi connectivity index (χ2v) is 2.84. The molecule has 0 heterocycles. The van der Waals surface area contributed by atoms with Crippen molar-refractivity contribution in [2.45, 2.75) is 6.92 Å². The highest BCUT2D eigenvalue weighted by Gasteiger charge is 2.06. The van der Waals surface area contributed by atoms with Gasteiger partial charge < -0.3 is 10.1 Å². The van der Waals surface area contributed by atoms with E-state index >= 15 is 0 Å². The van der Waals surface area contributed by atoms with E-state index < -0.39 is 5.97 Å². The maximum Gasteiger partial charge on any atom is 0.354 e. The number of ether oxygens (including phenoxy) is 1. The van der Waals surface area contributed by atoms with E-state index in [0.29, 0.717) is 12.0 Å². The predicted octanol–water partition coefficient (Wildman–Crippen LogP) is 2.27. The second-order valence-electron chi connectivity index (χ2n) is 2.84. The molecule has 0 radical (unpaired) electrons. The molecular formula is C11H11NO2. The lowest BCUT2D eigenvalue weighted by molar-refractivity contribution is -0.126. The zero-order chi connectivity index (χ0) is 10.6. The molecule has 0 fully saturated rings. The Morgan fingerprint density at radius 2 is 2.14 bits per heavy atom. The number of benzene rings is 1. The van der Waals surface area contributed by atoms with Crippen LogP contribution in [0.2, 0.25) is 0 Å². The van der Waals surface area contributed by atoms with Crippen LogP contribution in [0.4, 0.5) is 0 Å². The van der Waals surface area contributed by atoms with E-state index in [-0.39, 0.29) is 0 Å². The maximum absolute atomic E-state index is 10.9. The van der Waals surface area contributed by atoms with Crippen molar-refractivity contribution in [3.8, 4) is 5.75 Å². The van der Waals surface area contributed by atoms with Gasteiger partial charge in [0.2, 0.25) is 0 Å². The van der Waals surface area contributed by atoms with Crippen LogP contribution in [0, 0.1) is 5.41 Å². The molecule has 0 bridgehead atoms. The number of esters is 1. The van der Waals surface area contributed by atoms with E-state index in [2.05, 4.69) is 6.58 Å². The summed E-state index contributed by atoms with van der Waals surface area (Å²) < 4.78 is 4.91. The van der Waals surface area contributed by atoms with Crippen molar-refractivity contribution in [2.24, 2.45) is 0 Å². The van der Waals surface area contributed by atoms with Crippen molar-refractivity contribution in [1.29, 1.82) is 5.41 Å². The summed E-state index contributed by atoms with van der Waals surface area (Å²) in [5.74, 6) is -0.243. The molecule has 1 rings (SSSR count). The molecule has 3 heteroatoms. The van der Waals surface area contributed by atoms with Gasteiger partial charge in [0.1, 0.15) is 12.0 Å². The summed E-state index contributed by atoms with van der Waals surface area (Å²) in [4.78, 5) is 10.9. The zero-order valence-corrected chi connectivity index (χ0v) is 7.91. The van der Waals surface area contributed by atoms with Gasteiger partial charge in [-0.15, -0.1) is 0 Å². The van der Waals surface area contributed by atoms with Crippen LogP contribution in [0.1, 0.15) is 12.5 Å². The number of rotatable bonds is 3. The third-order valence-corrected chi connectivity index (χ3v) is 1.68. The van der Waals surface area contributed by atoms with Gasteiger partial charge in [-0.3, -0.25) is 0 Å². The minimum absolute atomic E-state index is 0.438. The highest BCUT2D eigenvalue weighted by molar-refractivity contribution is 6.22. The van der Waals surface area contributed by atoms with E-state index in [0.717, 1.165) is 11.1 Å². The minimum Gasteiger partial charge on any atom is -0.422 e. The average Bonchev–Trinajstić information content (AvgIpc) is 2.18. The lowest BCUT2D eigenvalue weighted by Crippen LogP contribution is -2.09. The van der Waals surface area contributed by atoms with Gasteiger partial charge in [-0.05, 0) is 18.6 Å². The van der Waals surface area contributed by atoms with Crippen LogP contribution in [0.5, 0.6) is 5.75 Å². The maximum atomic E-state index is 10.9. The number of hydrogen-bond acceptors (Lipinski definition) is 3. The molecule has 14 heavy (non-hydrogen) atoms. The van der Waals surface area contributed by atoms with Crippen molar-refractivity contribution in [3.05, 3.63) is 36.4 Å². The van der Waals surface area contributed by atoms with Crippen LogP contribution in [0.25, 0.3) is 5.57 Å². The normalized spacial score (nSPS) is 9.21. The fourth-order valence-corrected chi connectivity index (χ4v) is 1.05. The van der Waals surface area contributed by atoms with Crippen LogP contribution < -0.4 is 4.74 Å². The van der Waals surface area contributed by atoms with Gasteiger partial charge in [0.25, 0.3) is 0 Å². The summed E-state index contributed by atoms with van der Waals surface area (Å²) in [5.41, 5.74) is 1.60. The minimum atomic E-state index is -0.682. The Labute approximate surface area is 82.5 Å². The summed E-state index contributed by atoms with van der Waals surface area (Å²) in [6.45, 7) is 5.60. The van der Waals surface area contributed by atoms with Gasteiger partial charge in [0.15, 0.2) is 0 Å². The highest BCUT2D eigenvalue weighted by Crippen LogP contribution is 2.24. The van der Waals surface area contributed by atoms with Gasteiger partial charge in [-0.1, -0.05) is 24.8 Å². The zero-order valence-electron chi connectivity index (χ0n) is 7.91. The molecule has 1 N–H and O–H groups in total. The summed E-state index contributed by atoms with van der Waals surface area (Å²) in [6, 6.07) is 7.09. The molecule has 1 aromatic carbocycles. The third kappa shape index (κ3) is 2.29. The van der Waals surface area contributed by atoms with Crippen LogP contribution >= 0.6 is 0 Å². The summed E-state index contributed by atoms with van der Waals surface area (Å²) in [7, 11) is 0. The molecular weight excluding hydrogens is 178 g/mol. The Hall–Kier alpha value is -1.90. The smallest absolute Gasteiger partial charge is 0.354 e. The topological polar surface area (TPSA) is 50.2 Å². The molecule has 0 aromatic heterocycles. The van der Waals surface area contributed by atoms with Crippen molar-refractivity contribution >= 4 is 17.8 Å². The van der Waals surface area contributed by atoms with Crippen molar-refractivity contribution in [3.63, 3.8) is 0 Å². The van der Waals surface area contributed by atoms with E-state index in [1.54, 1.807) is 12.1 Å². The van der Waals surface area contributed by atoms with Crippen LogP contribution in [-0.2, 0) is 4.79 Å². The van der Waals surface area contributed by atoms with Gasteiger partial charge in [0.05, 0.1) is 0 Å². The molecule has 0 spiro atoms. The number of carbonyl (C=O) groups excluding carboxylic acids is 1. The molecule has 0 saturated carbocycles. The Bertz CT molecular complexity index is 383. The van der Waals surface area contributed by atoms with E-state index in [9.17, 15) is 4.79 Å². The Kier molecular flexibility index (Phi) is 3.18. The second kappa shape index (κ2) is 4.37. The molecule has 3 nitrogen and oxygen atoms in total. The van der Waals surface area contributed by atoms with Crippen molar-refractivity contribution in [2.75, 3.05) is 0 Å². The fourth-order valence-electron chi connectivity index (χ4n) is 1.05. The number of allylic oxidation sites excluding steroid dienone is 1. The first-order chi connectivity index (χ1) is 6.65. The molecule has 0 aliphatic rings. The molecule has 1 aromatic rings. The third-order valence-electron chi connectivity index (χ3n) is 1.68. The molecule has 0 amide bonds. The first-order valence-corrected chi connectivity index (χ1v) is 4.12. The molecule has 72 valence electrons. The molecule has 0 atom stereocenters. The standard InChI is InChI=1S/C11H11NO2/c1-8(2)9-5-3-4-6-10(9)14-11(13)7-12/h3-7,12H,1H2,2H3. The average molecular weight is 189 g/mol. The Balaban J connectivity index is 3.01. The van der Waals surface area contributed by atoms with Gasteiger partial charge in [-0.2, -0.15) is 0 Å². The largest absolute Gasteiger partial charge is 0.422 e. The first-order valence-electron chi connectivity index (χ1n) is 4.12. The Morgan fingerprint density at radius 3 is 2.71 bits per heavy atom. The summed E-state index contributed by atoms with van der Waals surface area (Å²) >= 11 is 0. The van der Waals surface area contributed by atoms with E-state index in [4.69, 9.17) is 10.1 Å². The van der Waals surface area contributed by atoms with Gasteiger partial charge >= 0.3 is 5.97 Å². The monoisotopic (exact) mass is 189 g/mol.